The van der Waals surface area contributed by atoms with Crippen molar-refractivity contribution >= 4 is 11.8 Å². The summed E-state index contributed by atoms with van der Waals surface area (Å²) in [6.45, 7) is 16.1. The number of nitrogens with one attached hydrogen (secondary N) is 2. The molecule has 9 heteroatoms. The maximum atomic E-state index is 14.1. The lowest BCUT2D eigenvalue weighted by molar-refractivity contribution is -0.226. The molecule has 0 spiro atoms. The van der Waals surface area contributed by atoms with Crippen LogP contribution in [0.5, 0.6) is 0 Å². The molecule has 4 saturated carbocycles. The van der Waals surface area contributed by atoms with Crippen molar-refractivity contribution in [2.45, 2.75) is 111 Å². The van der Waals surface area contributed by atoms with Gasteiger partial charge in [-0.15, -0.1) is 0 Å². The Labute approximate surface area is 270 Å². The van der Waals surface area contributed by atoms with Gasteiger partial charge < -0.3 is 31.1 Å². The van der Waals surface area contributed by atoms with Gasteiger partial charge >= 0.3 is 0 Å². The summed E-state index contributed by atoms with van der Waals surface area (Å²) in [5, 5.41) is 54.8. The molecule has 4 rings (SSSR count). The molecular formula is C36H59N3O6. The number of carbonyl (C=O) groups is 2. The van der Waals surface area contributed by atoms with E-state index in [1.807, 2.05) is 13.8 Å². The molecule has 0 aliphatic heterocycles. The number of nitrogens with zero attached hydrogens (tertiary/aromatic N) is 1. The Balaban J connectivity index is 1.73. The summed E-state index contributed by atoms with van der Waals surface area (Å²) in [4.78, 5) is 27.8. The Morgan fingerprint density at radius 2 is 1.49 bits per heavy atom. The van der Waals surface area contributed by atoms with Crippen LogP contribution in [0, 0.1) is 68.0 Å². The normalized spacial score (nSPS) is 39.4. The molecule has 0 aromatic heterocycles. The highest BCUT2D eigenvalue weighted by Crippen LogP contribution is 2.76. The van der Waals surface area contributed by atoms with Crippen molar-refractivity contribution in [1.82, 2.24) is 10.6 Å². The van der Waals surface area contributed by atoms with E-state index in [9.17, 15) is 35.3 Å². The fraction of sp³-hybridized carbons (Fsp3) is 0.861. The second-order valence-electron chi connectivity index (χ2n) is 16.5. The van der Waals surface area contributed by atoms with E-state index in [1.165, 1.54) is 0 Å². The molecule has 254 valence electrons. The Hall–Kier alpha value is -1.99. The van der Waals surface area contributed by atoms with Crippen LogP contribution in [0.25, 0.3) is 0 Å². The molecule has 0 saturated heterocycles. The fourth-order valence-corrected chi connectivity index (χ4v) is 11.7. The van der Waals surface area contributed by atoms with Crippen molar-refractivity contribution in [2.24, 2.45) is 56.7 Å². The van der Waals surface area contributed by atoms with Crippen LogP contribution in [0.15, 0.2) is 12.2 Å². The Bertz CT molecular complexity index is 1180. The Morgan fingerprint density at radius 3 is 2.04 bits per heavy atom. The highest BCUT2D eigenvalue weighted by atomic mass is 16.3. The summed E-state index contributed by atoms with van der Waals surface area (Å²) in [6.07, 6.45) is 7.18. The zero-order chi connectivity index (χ0) is 33.6. The molecular weight excluding hydrogens is 570 g/mol. The van der Waals surface area contributed by atoms with Crippen LogP contribution in [-0.2, 0) is 9.59 Å². The number of aliphatic hydroxyl groups excluding tert-OH is 4. The Morgan fingerprint density at radius 1 is 0.889 bits per heavy atom. The summed E-state index contributed by atoms with van der Waals surface area (Å²) in [5.74, 6) is 0.478. The number of nitriles is 1. The number of hydrogen-bond donors (Lipinski definition) is 6. The van der Waals surface area contributed by atoms with E-state index in [0.717, 1.165) is 56.9 Å². The van der Waals surface area contributed by atoms with Crippen LogP contribution >= 0.6 is 0 Å². The lowest BCUT2D eigenvalue weighted by Gasteiger charge is -2.71. The molecule has 0 aromatic carbocycles. The first-order valence-electron chi connectivity index (χ1n) is 17.2. The molecule has 45 heavy (non-hydrogen) atoms. The average Bonchev–Trinajstić information content (AvgIpc) is 3.40. The predicted molar refractivity (Wildman–Crippen MR) is 172 cm³/mol. The first-order chi connectivity index (χ1) is 21.1. The first-order valence-corrected chi connectivity index (χ1v) is 17.2. The molecule has 0 aromatic rings. The SMILES string of the molecule is C=C(C)[C@@H]1CCC2(C(=O)NC(CO)CO)CC[C@]3(C)C(CCC4[C@@](C)(CC#N)C(C(C)(C)C(=O)NC(CO)CO)CC[C@]43C)C12. The third kappa shape index (κ3) is 5.46. The maximum absolute atomic E-state index is 14.1. The number of rotatable bonds is 11. The van der Waals surface area contributed by atoms with E-state index >= 15 is 0 Å². The largest absolute Gasteiger partial charge is 0.394 e. The molecule has 5 unspecified atom stereocenters. The third-order valence-electron chi connectivity index (χ3n) is 14.3. The summed E-state index contributed by atoms with van der Waals surface area (Å²) in [6, 6.07) is 1.11. The minimum absolute atomic E-state index is 0.0477. The molecule has 0 bridgehead atoms. The topological polar surface area (TPSA) is 163 Å². The van der Waals surface area contributed by atoms with Crippen LogP contribution in [0.4, 0.5) is 0 Å². The van der Waals surface area contributed by atoms with Gasteiger partial charge in [-0.3, -0.25) is 9.59 Å². The van der Waals surface area contributed by atoms with Crippen LogP contribution < -0.4 is 10.6 Å². The smallest absolute Gasteiger partial charge is 0.226 e. The van der Waals surface area contributed by atoms with Gasteiger partial charge in [-0.2, -0.15) is 5.26 Å². The van der Waals surface area contributed by atoms with Crippen LogP contribution in [0.3, 0.4) is 0 Å². The van der Waals surface area contributed by atoms with Gasteiger partial charge in [-0.25, -0.2) is 0 Å². The predicted octanol–water partition coefficient (Wildman–Crippen LogP) is 3.70. The zero-order valence-electron chi connectivity index (χ0n) is 28.5. The van der Waals surface area contributed by atoms with Crippen molar-refractivity contribution in [3.05, 3.63) is 12.2 Å². The van der Waals surface area contributed by atoms with Gasteiger partial charge in [0, 0.05) is 11.8 Å². The van der Waals surface area contributed by atoms with E-state index in [-0.39, 0.29) is 78.7 Å². The number of allylic oxidation sites excluding steroid dienone is 1. The molecule has 9 atom stereocenters. The van der Waals surface area contributed by atoms with Gasteiger partial charge in [0.15, 0.2) is 0 Å². The Kier molecular flexibility index (Phi) is 10.3. The fourth-order valence-electron chi connectivity index (χ4n) is 11.7. The summed E-state index contributed by atoms with van der Waals surface area (Å²) in [7, 11) is 0. The van der Waals surface area contributed by atoms with Crippen molar-refractivity contribution in [3.8, 4) is 6.07 Å². The number of fused-ring (bicyclic) bond motifs is 5. The minimum Gasteiger partial charge on any atom is -0.394 e. The molecule has 4 fully saturated rings. The second kappa shape index (κ2) is 12.9. The molecule has 4 aliphatic rings. The standard InChI is InChI=1S/C36H59N3O6/c1-22(2)25-10-13-36(31(45)39-24(20-42)21-43)15-14-34(6)26(29(25)36)8-9-28-33(5,16-17-37)27(11-12-35(28,34)7)32(3,4)30(44)38-23(18-40)19-41/h23-29,40-43H,1,8-16,18-21H2,2-7H3,(H,38,44)(H,39,45)/t25-,26?,27?,28?,29?,33-,34+,35+,36?/m0/s1. The van der Waals surface area contributed by atoms with Gasteiger partial charge in [-0.1, -0.05) is 46.8 Å². The lowest BCUT2D eigenvalue weighted by atomic mass is 9.33. The van der Waals surface area contributed by atoms with Crippen LogP contribution in [0.2, 0.25) is 0 Å². The lowest BCUT2D eigenvalue weighted by Crippen LogP contribution is -2.67. The molecule has 4 aliphatic carbocycles. The van der Waals surface area contributed by atoms with Crippen LogP contribution in [0.1, 0.15) is 99.3 Å². The minimum atomic E-state index is -0.820. The molecule has 6 N–H and O–H groups in total. The number of hydrogen-bond acceptors (Lipinski definition) is 7. The quantitative estimate of drug-likeness (QED) is 0.190. The maximum Gasteiger partial charge on any atom is 0.226 e. The molecule has 2 amide bonds. The van der Waals surface area contributed by atoms with E-state index in [2.05, 4.69) is 51.0 Å². The van der Waals surface area contributed by atoms with Gasteiger partial charge in [0.2, 0.25) is 11.8 Å². The van der Waals surface area contributed by atoms with Gasteiger partial charge in [-0.05, 0) is 104 Å². The van der Waals surface area contributed by atoms with E-state index in [4.69, 9.17) is 0 Å². The third-order valence-corrected chi connectivity index (χ3v) is 14.3. The van der Waals surface area contributed by atoms with E-state index < -0.39 is 28.3 Å². The first kappa shape index (κ1) is 35.9. The highest BCUT2D eigenvalue weighted by Gasteiger charge is 2.71. The van der Waals surface area contributed by atoms with Crippen LogP contribution in [-0.4, -0.2) is 70.8 Å². The van der Waals surface area contributed by atoms with Gasteiger partial charge in [0.1, 0.15) is 0 Å². The number of aliphatic hydroxyl groups is 4. The summed E-state index contributed by atoms with van der Waals surface area (Å²) in [5.41, 5.74) is -0.922. The van der Waals surface area contributed by atoms with Gasteiger partial charge in [0.25, 0.3) is 0 Å². The van der Waals surface area contributed by atoms with Crippen molar-refractivity contribution < 1.29 is 30.0 Å². The molecule has 0 heterocycles. The average molecular weight is 630 g/mol. The van der Waals surface area contributed by atoms with Crippen molar-refractivity contribution in [1.29, 1.82) is 5.26 Å². The van der Waals surface area contributed by atoms with E-state index in [0.29, 0.717) is 6.42 Å². The summed E-state index contributed by atoms with van der Waals surface area (Å²) < 4.78 is 0. The zero-order valence-corrected chi connectivity index (χ0v) is 28.5. The summed E-state index contributed by atoms with van der Waals surface area (Å²) >= 11 is 0. The monoisotopic (exact) mass is 629 g/mol. The number of carbonyl (C=O) groups excluding carboxylic acids is 2. The highest BCUT2D eigenvalue weighted by molar-refractivity contribution is 5.84. The van der Waals surface area contributed by atoms with Crippen molar-refractivity contribution in [3.63, 3.8) is 0 Å². The number of amides is 2. The van der Waals surface area contributed by atoms with Crippen molar-refractivity contribution in [2.75, 3.05) is 26.4 Å². The molecule has 9 nitrogen and oxygen atoms in total. The molecule has 0 radical (unpaired) electrons. The second-order valence-corrected chi connectivity index (χ2v) is 16.5. The van der Waals surface area contributed by atoms with E-state index in [1.54, 1.807) is 0 Å². The van der Waals surface area contributed by atoms with Gasteiger partial charge in [0.05, 0.1) is 50.0 Å².